The van der Waals surface area contributed by atoms with Gasteiger partial charge in [-0.15, -0.1) is 0 Å². The zero-order chi connectivity index (χ0) is 10.6. The number of aromatic nitrogens is 1. The third kappa shape index (κ3) is 3.00. The van der Waals surface area contributed by atoms with E-state index in [4.69, 9.17) is 5.11 Å². The Labute approximate surface area is 85.2 Å². The fraction of sp³-hybridized carbons (Fsp3) is 0.545. The summed E-state index contributed by atoms with van der Waals surface area (Å²) in [5, 5.41) is 12.4. The fourth-order valence-electron chi connectivity index (χ4n) is 1.27. The van der Waals surface area contributed by atoms with Gasteiger partial charge in [0.15, 0.2) is 0 Å². The number of pyridine rings is 1. The van der Waals surface area contributed by atoms with Gasteiger partial charge in [0.1, 0.15) is 0 Å². The number of aryl methyl sites for hydroxylation is 1. The predicted molar refractivity (Wildman–Crippen MR) is 58.3 cm³/mol. The van der Waals surface area contributed by atoms with Crippen molar-refractivity contribution in [2.24, 2.45) is 5.92 Å². The first-order valence-corrected chi connectivity index (χ1v) is 4.93. The molecule has 1 unspecified atom stereocenters. The maximum atomic E-state index is 9.15. The van der Waals surface area contributed by atoms with Crippen molar-refractivity contribution in [3.05, 3.63) is 24.0 Å². The molecule has 2 N–H and O–H groups in total. The van der Waals surface area contributed by atoms with E-state index in [1.807, 2.05) is 19.1 Å². The third-order valence-corrected chi connectivity index (χ3v) is 2.25. The van der Waals surface area contributed by atoms with Crippen LogP contribution in [0.5, 0.6) is 0 Å². The number of hydrogen-bond acceptors (Lipinski definition) is 3. The highest BCUT2D eigenvalue weighted by Crippen LogP contribution is 2.12. The minimum absolute atomic E-state index is 0.108. The van der Waals surface area contributed by atoms with E-state index in [0.717, 1.165) is 11.4 Å². The summed E-state index contributed by atoms with van der Waals surface area (Å²) in [7, 11) is 0. The smallest absolute Gasteiger partial charge is 0.0635 e. The van der Waals surface area contributed by atoms with E-state index >= 15 is 0 Å². The van der Waals surface area contributed by atoms with Crippen LogP contribution in [0.1, 0.15) is 19.5 Å². The first kappa shape index (κ1) is 11.0. The van der Waals surface area contributed by atoms with Crippen molar-refractivity contribution in [1.82, 2.24) is 4.98 Å². The summed E-state index contributed by atoms with van der Waals surface area (Å²) in [6, 6.07) is 4.00. The van der Waals surface area contributed by atoms with Gasteiger partial charge in [-0.2, -0.15) is 0 Å². The first-order valence-electron chi connectivity index (χ1n) is 4.93. The summed E-state index contributed by atoms with van der Waals surface area (Å²) < 4.78 is 0. The van der Waals surface area contributed by atoms with Crippen molar-refractivity contribution in [1.29, 1.82) is 0 Å². The fourth-order valence-corrected chi connectivity index (χ4v) is 1.27. The Kier molecular flexibility index (Phi) is 3.89. The topological polar surface area (TPSA) is 45.1 Å². The Bertz CT molecular complexity index is 286. The third-order valence-electron chi connectivity index (χ3n) is 2.25. The molecule has 0 aliphatic rings. The lowest BCUT2D eigenvalue weighted by Crippen LogP contribution is -2.29. The van der Waals surface area contributed by atoms with E-state index in [9.17, 15) is 0 Å². The average molecular weight is 194 g/mol. The summed E-state index contributed by atoms with van der Waals surface area (Å²) in [5.41, 5.74) is 2.00. The van der Waals surface area contributed by atoms with Gasteiger partial charge in [-0.3, -0.25) is 4.98 Å². The van der Waals surface area contributed by atoms with Crippen molar-refractivity contribution >= 4 is 5.69 Å². The van der Waals surface area contributed by atoms with Crippen LogP contribution in [0, 0.1) is 12.8 Å². The summed E-state index contributed by atoms with van der Waals surface area (Å²) in [6.07, 6.45) is 1.77. The molecule has 14 heavy (non-hydrogen) atoms. The molecule has 0 saturated heterocycles. The van der Waals surface area contributed by atoms with E-state index in [1.54, 1.807) is 6.20 Å². The maximum absolute atomic E-state index is 9.15. The molecular weight excluding hydrogens is 176 g/mol. The van der Waals surface area contributed by atoms with Crippen LogP contribution in [0.4, 0.5) is 5.69 Å². The van der Waals surface area contributed by atoms with Gasteiger partial charge in [0, 0.05) is 17.6 Å². The van der Waals surface area contributed by atoms with Gasteiger partial charge >= 0.3 is 0 Å². The van der Waals surface area contributed by atoms with Gasteiger partial charge in [-0.05, 0) is 25.0 Å². The summed E-state index contributed by atoms with van der Waals surface area (Å²) in [4.78, 5) is 4.12. The van der Waals surface area contributed by atoms with E-state index in [0.29, 0.717) is 5.92 Å². The van der Waals surface area contributed by atoms with E-state index in [-0.39, 0.29) is 12.6 Å². The van der Waals surface area contributed by atoms with Crippen LogP contribution in [-0.2, 0) is 0 Å². The highest BCUT2D eigenvalue weighted by atomic mass is 16.3. The summed E-state index contributed by atoms with van der Waals surface area (Å²) in [6.45, 7) is 6.28. The van der Waals surface area contributed by atoms with Crippen molar-refractivity contribution in [2.75, 3.05) is 11.9 Å². The second-order valence-electron chi connectivity index (χ2n) is 3.86. The Hall–Kier alpha value is -1.09. The van der Waals surface area contributed by atoms with Crippen LogP contribution in [0.3, 0.4) is 0 Å². The Morgan fingerprint density at radius 3 is 2.71 bits per heavy atom. The summed E-state index contributed by atoms with van der Waals surface area (Å²) >= 11 is 0. The Morgan fingerprint density at radius 1 is 1.50 bits per heavy atom. The average Bonchev–Trinajstić information content (AvgIpc) is 2.14. The van der Waals surface area contributed by atoms with Crippen LogP contribution < -0.4 is 5.32 Å². The number of nitrogens with zero attached hydrogens (tertiary/aromatic N) is 1. The van der Waals surface area contributed by atoms with E-state index < -0.39 is 0 Å². The molecule has 0 radical (unpaired) electrons. The molecule has 0 spiro atoms. The zero-order valence-corrected chi connectivity index (χ0v) is 8.99. The molecule has 1 atom stereocenters. The Balaban J connectivity index is 2.67. The van der Waals surface area contributed by atoms with Crippen molar-refractivity contribution < 1.29 is 5.11 Å². The minimum atomic E-state index is 0.108. The molecule has 3 nitrogen and oxygen atoms in total. The molecule has 0 aliphatic heterocycles. The second kappa shape index (κ2) is 4.96. The predicted octanol–water partition coefficient (Wildman–Crippen LogP) is 1.82. The molecule has 0 fully saturated rings. The number of aliphatic hydroxyl groups is 1. The molecule has 1 aromatic rings. The van der Waals surface area contributed by atoms with Gasteiger partial charge in [0.05, 0.1) is 12.6 Å². The highest BCUT2D eigenvalue weighted by molar-refractivity contribution is 5.43. The standard InChI is InChI=1S/C11H18N2O/c1-8(2)11(7-14)13-10-4-5-12-9(3)6-10/h4-6,8,11,14H,7H2,1-3H3,(H,12,13). The molecular formula is C11H18N2O. The molecule has 3 heteroatoms. The van der Waals surface area contributed by atoms with Gasteiger partial charge in [-0.1, -0.05) is 13.8 Å². The van der Waals surface area contributed by atoms with E-state index in [2.05, 4.69) is 24.1 Å². The minimum Gasteiger partial charge on any atom is -0.394 e. The van der Waals surface area contributed by atoms with Crippen LogP contribution in [0.15, 0.2) is 18.3 Å². The zero-order valence-electron chi connectivity index (χ0n) is 8.99. The molecule has 78 valence electrons. The van der Waals surface area contributed by atoms with Crippen molar-refractivity contribution in [2.45, 2.75) is 26.8 Å². The van der Waals surface area contributed by atoms with Crippen LogP contribution in [-0.4, -0.2) is 22.7 Å². The molecule has 0 bridgehead atoms. The number of hydrogen-bond donors (Lipinski definition) is 2. The lowest BCUT2D eigenvalue weighted by molar-refractivity contribution is 0.249. The number of rotatable bonds is 4. The van der Waals surface area contributed by atoms with Crippen LogP contribution in [0.25, 0.3) is 0 Å². The quantitative estimate of drug-likeness (QED) is 0.768. The molecule has 1 heterocycles. The molecule has 0 aromatic carbocycles. The molecule has 1 rings (SSSR count). The number of anilines is 1. The van der Waals surface area contributed by atoms with Gasteiger partial charge in [0.25, 0.3) is 0 Å². The normalized spacial score (nSPS) is 12.9. The molecule has 0 saturated carbocycles. The lowest BCUT2D eigenvalue weighted by atomic mass is 10.1. The van der Waals surface area contributed by atoms with Crippen molar-refractivity contribution in [3.8, 4) is 0 Å². The van der Waals surface area contributed by atoms with Crippen LogP contribution in [0.2, 0.25) is 0 Å². The van der Waals surface area contributed by atoms with E-state index in [1.165, 1.54) is 0 Å². The van der Waals surface area contributed by atoms with Gasteiger partial charge in [-0.25, -0.2) is 0 Å². The summed E-state index contributed by atoms with van der Waals surface area (Å²) in [5.74, 6) is 0.411. The van der Waals surface area contributed by atoms with Crippen molar-refractivity contribution in [3.63, 3.8) is 0 Å². The first-order chi connectivity index (χ1) is 6.63. The molecule has 0 aliphatic carbocycles. The maximum Gasteiger partial charge on any atom is 0.0635 e. The molecule has 0 amide bonds. The number of nitrogens with one attached hydrogen (secondary N) is 1. The largest absolute Gasteiger partial charge is 0.394 e. The van der Waals surface area contributed by atoms with Gasteiger partial charge < -0.3 is 10.4 Å². The monoisotopic (exact) mass is 194 g/mol. The highest BCUT2D eigenvalue weighted by Gasteiger charge is 2.11. The number of aliphatic hydroxyl groups excluding tert-OH is 1. The van der Waals surface area contributed by atoms with Crippen LogP contribution >= 0.6 is 0 Å². The van der Waals surface area contributed by atoms with Gasteiger partial charge in [0.2, 0.25) is 0 Å². The molecule has 1 aromatic heterocycles. The Morgan fingerprint density at radius 2 is 2.21 bits per heavy atom. The SMILES string of the molecule is Cc1cc(NC(CO)C(C)C)ccn1. The second-order valence-corrected chi connectivity index (χ2v) is 3.86. The lowest BCUT2D eigenvalue weighted by Gasteiger charge is -2.21.